The van der Waals surface area contributed by atoms with E-state index in [0.717, 1.165) is 6.42 Å². The number of aliphatic hydroxyl groups is 1. The van der Waals surface area contributed by atoms with Crippen molar-refractivity contribution in [1.82, 2.24) is 0 Å². The van der Waals surface area contributed by atoms with Crippen molar-refractivity contribution in [3.05, 3.63) is 35.2 Å². The standard InChI is InChI=1S/C11H12OS/c1-8(12)6-10-7-9-4-2-3-5-11(9)13-10/h2-5,7-8,12H,6H2,1H3/t8-/m0/s1. The number of aliphatic hydroxyl groups excluding tert-OH is 1. The summed E-state index contributed by atoms with van der Waals surface area (Å²) in [5.41, 5.74) is 0. The summed E-state index contributed by atoms with van der Waals surface area (Å²) in [6, 6.07) is 10.5. The molecule has 0 saturated heterocycles. The van der Waals surface area contributed by atoms with Crippen LogP contribution in [0.3, 0.4) is 0 Å². The minimum Gasteiger partial charge on any atom is -0.393 e. The van der Waals surface area contributed by atoms with E-state index in [1.54, 1.807) is 11.3 Å². The van der Waals surface area contributed by atoms with Gasteiger partial charge in [-0.1, -0.05) is 18.2 Å². The first-order valence-electron chi connectivity index (χ1n) is 4.41. The van der Waals surface area contributed by atoms with Gasteiger partial charge in [-0.25, -0.2) is 0 Å². The van der Waals surface area contributed by atoms with Crippen LogP contribution in [-0.2, 0) is 6.42 Å². The molecule has 1 N–H and O–H groups in total. The molecule has 13 heavy (non-hydrogen) atoms. The van der Waals surface area contributed by atoms with Gasteiger partial charge in [0.2, 0.25) is 0 Å². The van der Waals surface area contributed by atoms with Crippen molar-refractivity contribution >= 4 is 21.4 Å². The van der Waals surface area contributed by atoms with Crippen molar-refractivity contribution in [2.75, 3.05) is 0 Å². The van der Waals surface area contributed by atoms with Gasteiger partial charge in [-0.05, 0) is 24.4 Å². The normalized spacial score (nSPS) is 13.4. The fourth-order valence-corrected chi connectivity index (χ4v) is 2.61. The van der Waals surface area contributed by atoms with Crippen LogP contribution in [0.4, 0.5) is 0 Å². The third kappa shape index (κ3) is 1.90. The molecule has 0 fully saturated rings. The first-order valence-corrected chi connectivity index (χ1v) is 5.23. The highest BCUT2D eigenvalue weighted by molar-refractivity contribution is 7.19. The van der Waals surface area contributed by atoms with Crippen molar-refractivity contribution in [3.8, 4) is 0 Å². The molecular weight excluding hydrogens is 180 g/mol. The zero-order valence-electron chi connectivity index (χ0n) is 7.53. The maximum atomic E-state index is 9.24. The van der Waals surface area contributed by atoms with E-state index in [-0.39, 0.29) is 6.10 Å². The van der Waals surface area contributed by atoms with Gasteiger partial charge in [-0.2, -0.15) is 0 Å². The second-order valence-electron chi connectivity index (χ2n) is 3.30. The number of hydrogen-bond donors (Lipinski definition) is 1. The van der Waals surface area contributed by atoms with Crippen molar-refractivity contribution in [2.24, 2.45) is 0 Å². The van der Waals surface area contributed by atoms with Crippen molar-refractivity contribution < 1.29 is 5.11 Å². The summed E-state index contributed by atoms with van der Waals surface area (Å²) >= 11 is 1.77. The zero-order chi connectivity index (χ0) is 9.26. The van der Waals surface area contributed by atoms with E-state index in [4.69, 9.17) is 0 Å². The fraction of sp³-hybridized carbons (Fsp3) is 0.273. The Hall–Kier alpha value is -0.860. The summed E-state index contributed by atoms with van der Waals surface area (Å²) in [7, 11) is 0. The van der Waals surface area contributed by atoms with Gasteiger partial charge >= 0.3 is 0 Å². The minimum absolute atomic E-state index is 0.243. The van der Waals surface area contributed by atoms with E-state index < -0.39 is 0 Å². The monoisotopic (exact) mass is 192 g/mol. The lowest BCUT2D eigenvalue weighted by molar-refractivity contribution is 0.196. The van der Waals surface area contributed by atoms with E-state index >= 15 is 0 Å². The van der Waals surface area contributed by atoms with Crippen LogP contribution >= 0.6 is 11.3 Å². The molecule has 1 aromatic heterocycles. The topological polar surface area (TPSA) is 20.2 Å². The maximum absolute atomic E-state index is 9.24. The Bertz CT molecular complexity index is 370. The first-order chi connectivity index (χ1) is 6.25. The Morgan fingerprint density at radius 2 is 2.15 bits per heavy atom. The third-order valence-electron chi connectivity index (χ3n) is 1.97. The SMILES string of the molecule is C[C@H](O)Cc1cc2ccccc2s1. The van der Waals surface area contributed by atoms with Crippen LogP contribution in [0.1, 0.15) is 11.8 Å². The van der Waals surface area contributed by atoms with Crippen LogP contribution in [0, 0.1) is 0 Å². The Kier molecular flexibility index (Phi) is 2.34. The summed E-state index contributed by atoms with van der Waals surface area (Å²) in [6.45, 7) is 1.82. The molecule has 0 radical (unpaired) electrons. The van der Waals surface area contributed by atoms with E-state index in [1.165, 1.54) is 15.0 Å². The van der Waals surface area contributed by atoms with Gasteiger partial charge < -0.3 is 5.11 Å². The van der Waals surface area contributed by atoms with Crippen LogP contribution < -0.4 is 0 Å². The lowest BCUT2D eigenvalue weighted by Crippen LogP contribution is -2.01. The first kappa shape index (κ1) is 8.73. The highest BCUT2D eigenvalue weighted by Crippen LogP contribution is 2.25. The van der Waals surface area contributed by atoms with Crippen LogP contribution in [0.25, 0.3) is 10.1 Å². The molecule has 0 bridgehead atoms. The largest absolute Gasteiger partial charge is 0.393 e. The van der Waals surface area contributed by atoms with Crippen LogP contribution in [0.15, 0.2) is 30.3 Å². The van der Waals surface area contributed by atoms with E-state index in [9.17, 15) is 5.11 Å². The quantitative estimate of drug-likeness (QED) is 0.775. The predicted molar refractivity (Wildman–Crippen MR) is 57.2 cm³/mol. The molecule has 1 heterocycles. The Balaban J connectivity index is 2.38. The van der Waals surface area contributed by atoms with Gasteiger partial charge in [0.25, 0.3) is 0 Å². The molecule has 2 rings (SSSR count). The maximum Gasteiger partial charge on any atom is 0.0560 e. The van der Waals surface area contributed by atoms with Crippen molar-refractivity contribution in [3.63, 3.8) is 0 Å². The van der Waals surface area contributed by atoms with Crippen molar-refractivity contribution in [1.29, 1.82) is 0 Å². The highest BCUT2D eigenvalue weighted by Gasteiger charge is 2.03. The van der Waals surface area contributed by atoms with Gasteiger partial charge in [0.15, 0.2) is 0 Å². The molecule has 0 aliphatic carbocycles. The second kappa shape index (κ2) is 3.48. The average molecular weight is 192 g/mol. The smallest absolute Gasteiger partial charge is 0.0560 e. The molecule has 0 saturated carbocycles. The van der Waals surface area contributed by atoms with Gasteiger partial charge in [-0.3, -0.25) is 0 Å². The van der Waals surface area contributed by atoms with E-state index in [0.29, 0.717) is 0 Å². The van der Waals surface area contributed by atoms with Crippen LogP contribution in [-0.4, -0.2) is 11.2 Å². The van der Waals surface area contributed by atoms with E-state index in [2.05, 4.69) is 18.2 Å². The Morgan fingerprint density at radius 1 is 1.38 bits per heavy atom. The number of hydrogen-bond acceptors (Lipinski definition) is 2. The molecule has 0 aliphatic heterocycles. The molecule has 0 spiro atoms. The summed E-state index contributed by atoms with van der Waals surface area (Å²) in [5.74, 6) is 0. The number of rotatable bonds is 2. The van der Waals surface area contributed by atoms with E-state index in [1.807, 2.05) is 19.1 Å². The fourth-order valence-electron chi connectivity index (χ4n) is 1.43. The average Bonchev–Trinajstić information content (AvgIpc) is 2.44. The minimum atomic E-state index is -0.243. The zero-order valence-corrected chi connectivity index (χ0v) is 8.34. The van der Waals surface area contributed by atoms with Gasteiger partial charge in [0.05, 0.1) is 6.10 Å². The lowest BCUT2D eigenvalue weighted by Gasteiger charge is -1.98. The molecule has 1 atom stereocenters. The highest BCUT2D eigenvalue weighted by atomic mass is 32.1. The molecule has 2 aromatic rings. The summed E-state index contributed by atoms with van der Waals surface area (Å²) in [4.78, 5) is 1.26. The molecule has 1 aromatic carbocycles. The van der Waals surface area contributed by atoms with Crippen LogP contribution in [0.5, 0.6) is 0 Å². The van der Waals surface area contributed by atoms with Crippen LogP contribution in [0.2, 0.25) is 0 Å². The Labute approximate surface area is 81.6 Å². The van der Waals surface area contributed by atoms with Gasteiger partial charge in [0, 0.05) is 16.0 Å². The lowest BCUT2D eigenvalue weighted by atomic mass is 10.2. The molecule has 0 unspecified atom stereocenters. The third-order valence-corrected chi connectivity index (χ3v) is 3.11. The number of fused-ring (bicyclic) bond motifs is 1. The summed E-state index contributed by atoms with van der Waals surface area (Å²) in [5, 5.41) is 10.5. The molecule has 68 valence electrons. The molecule has 0 aliphatic rings. The summed E-state index contributed by atoms with van der Waals surface area (Å²) in [6.07, 6.45) is 0.521. The molecule has 1 nitrogen and oxygen atoms in total. The number of thiophene rings is 1. The predicted octanol–water partition coefficient (Wildman–Crippen LogP) is 2.82. The number of benzene rings is 1. The molecule has 2 heteroatoms. The molecular formula is C11H12OS. The second-order valence-corrected chi connectivity index (χ2v) is 4.47. The summed E-state index contributed by atoms with van der Waals surface area (Å²) < 4.78 is 1.30. The Morgan fingerprint density at radius 3 is 2.85 bits per heavy atom. The van der Waals surface area contributed by atoms with Gasteiger partial charge in [0.1, 0.15) is 0 Å². The van der Waals surface area contributed by atoms with Gasteiger partial charge in [-0.15, -0.1) is 11.3 Å². The molecule has 0 amide bonds. The van der Waals surface area contributed by atoms with Crippen molar-refractivity contribution in [2.45, 2.75) is 19.4 Å².